The summed E-state index contributed by atoms with van der Waals surface area (Å²) in [5.74, 6) is 0.149. The first-order chi connectivity index (χ1) is 9.54. The molecule has 0 saturated carbocycles. The molecule has 4 heteroatoms. The van der Waals surface area contributed by atoms with Gasteiger partial charge >= 0.3 is 0 Å². The van der Waals surface area contributed by atoms with Crippen LogP contribution in [0, 0.1) is 0 Å². The Morgan fingerprint density at radius 2 is 1.95 bits per heavy atom. The number of amides is 1. The lowest BCUT2D eigenvalue weighted by Gasteiger charge is -2.29. The summed E-state index contributed by atoms with van der Waals surface area (Å²) in [6.07, 6.45) is 1.94. The van der Waals surface area contributed by atoms with Gasteiger partial charge in [0, 0.05) is 26.2 Å². The number of carbonyl (C=O) groups excluding carboxylic acids is 1. The highest BCUT2D eigenvalue weighted by molar-refractivity contribution is 5.77. The molecule has 0 radical (unpaired) electrons. The smallest absolute Gasteiger partial charge is 0.236 e. The van der Waals surface area contributed by atoms with Crippen LogP contribution in [0.4, 0.5) is 0 Å². The van der Waals surface area contributed by atoms with Crippen LogP contribution < -0.4 is 5.73 Å². The molecule has 20 heavy (non-hydrogen) atoms. The molecular formula is C16H25N3O. The number of likely N-dealkylation sites (N-methyl/N-ethyl adjacent to an activating group) is 1. The Bertz CT molecular complexity index is 473. The van der Waals surface area contributed by atoms with E-state index in [1.165, 1.54) is 11.1 Å². The van der Waals surface area contributed by atoms with E-state index >= 15 is 0 Å². The summed E-state index contributed by atoms with van der Waals surface area (Å²) < 4.78 is 0. The minimum atomic E-state index is 0.0880. The second-order valence-corrected chi connectivity index (χ2v) is 5.75. The number of nitrogens with two attached hydrogens (primary N) is 1. The van der Waals surface area contributed by atoms with Gasteiger partial charge in [0.2, 0.25) is 5.91 Å². The van der Waals surface area contributed by atoms with E-state index in [1.54, 1.807) is 19.0 Å². The van der Waals surface area contributed by atoms with Gasteiger partial charge in [-0.1, -0.05) is 31.2 Å². The van der Waals surface area contributed by atoms with E-state index in [1.807, 2.05) is 6.07 Å². The Balaban J connectivity index is 2.21. The summed E-state index contributed by atoms with van der Waals surface area (Å²) in [6, 6.07) is 8.71. The van der Waals surface area contributed by atoms with Crippen molar-refractivity contribution in [3.63, 3.8) is 0 Å². The third-order valence-corrected chi connectivity index (χ3v) is 4.02. The predicted molar refractivity (Wildman–Crippen MR) is 81.3 cm³/mol. The molecule has 2 N–H and O–H groups in total. The van der Waals surface area contributed by atoms with Gasteiger partial charge in [-0.05, 0) is 30.5 Å². The highest BCUT2D eigenvalue weighted by atomic mass is 16.2. The average Bonchev–Trinajstić information content (AvgIpc) is 2.76. The largest absolute Gasteiger partial charge is 0.348 e. The van der Waals surface area contributed by atoms with Crippen molar-refractivity contribution in [2.75, 3.05) is 27.2 Å². The minimum Gasteiger partial charge on any atom is -0.348 e. The van der Waals surface area contributed by atoms with Crippen LogP contribution in [0.2, 0.25) is 0 Å². The van der Waals surface area contributed by atoms with Crippen molar-refractivity contribution in [2.45, 2.75) is 31.8 Å². The zero-order chi connectivity index (χ0) is 14.7. The van der Waals surface area contributed by atoms with Gasteiger partial charge in [-0.15, -0.1) is 0 Å². The molecule has 4 nitrogen and oxygen atoms in total. The number of nitrogens with zero attached hydrogens (tertiary/aromatic N) is 2. The predicted octanol–water partition coefficient (Wildman–Crippen LogP) is 1.93. The van der Waals surface area contributed by atoms with E-state index in [9.17, 15) is 4.79 Å². The topological polar surface area (TPSA) is 49.6 Å². The normalized spacial score (nSPS) is 21.1. The van der Waals surface area contributed by atoms with Crippen molar-refractivity contribution in [3.8, 4) is 0 Å². The number of rotatable bonds is 5. The van der Waals surface area contributed by atoms with Gasteiger partial charge in [0.1, 0.15) is 0 Å². The Labute approximate surface area is 121 Å². The molecule has 0 spiro atoms. The Morgan fingerprint density at radius 3 is 2.55 bits per heavy atom. The third kappa shape index (κ3) is 3.02. The summed E-state index contributed by atoms with van der Waals surface area (Å²) in [5, 5.41) is 0. The highest BCUT2D eigenvalue weighted by Gasteiger charge is 2.33. The minimum absolute atomic E-state index is 0.0880. The first-order valence-corrected chi connectivity index (χ1v) is 7.33. The Hall–Kier alpha value is -1.39. The lowest BCUT2D eigenvalue weighted by atomic mass is 10.1. The fraction of sp³-hybridized carbons (Fsp3) is 0.562. The van der Waals surface area contributed by atoms with E-state index in [0.717, 1.165) is 19.4 Å². The molecule has 110 valence electrons. The van der Waals surface area contributed by atoms with Crippen molar-refractivity contribution in [1.82, 2.24) is 9.80 Å². The van der Waals surface area contributed by atoms with Gasteiger partial charge in [-0.3, -0.25) is 9.69 Å². The van der Waals surface area contributed by atoms with Gasteiger partial charge in [0.15, 0.2) is 0 Å². The molecule has 0 aliphatic heterocycles. The molecule has 2 unspecified atom stereocenters. The van der Waals surface area contributed by atoms with Crippen molar-refractivity contribution in [2.24, 2.45) is 5.73 Å². The fourth-order valence-electron chi connectivity index (χ4n) is 2.94. The lowest BCUT2D eigenvalue weighted by Crippen LogP contribution is -2.38. The quantitative estimate of drug-likeness (QED) is 0.893. The maximum absolute atomic E-state index is 12.0. The van der Waals surface area contributed by atoms with Crippen molar-refractivity contribution in [1.29, 1.82) is 0 Å². The maximum Gasteiger partial charge on any atom is 0.236 e. The van der Waals surface area contributed by atoms with Crippen molar-refractivity contribution in [3.05, 3.63) is 35.4 Å². The monoisotopic (exact) mass is 275 g/mol. The van der Waals surface area contributed by atoms with Gasteiger partial charge in [-0.25, -0.2) is 0 Å². The molecule has 1 aliphatic rings. The molecule has 0 fully saturated rings. The number of benzene rings is 1. The zero-order valence-electron chi connectivity index (χ0n) is 12.7. The fourth-order valence-corrected chi connectivity index (χ4v) is 2.94. The first kappa shape index (κ1) is 15.0. The van der Waals surface area contributed by atoms with Crippen LogP contribution in [0.5, 0.6) is 0 Å². The highest BCUT2D eigenvalue weighted by Crippen LogP contribution is 2.40. The molecule has 2 rings (SSSR count). The van der Waals surface area contributed by atoms with Crippen molar-refractivity contribution >= 4 is 5.91 Å². The van der Waals surface area contributed by atoms with Crippen LogP contribution in [-0.4, -0.2) is 42.9 Å². The van der Waals surface area contributed by atoms with Crippen LogP contribution in [0.1, 0.15) is 43.0 Å². The van der Waals surface area contributed by atoms with Crippen LogP contribution in [0.25, 0.3) is 0 Å². The number of hydrogen-bond donors (Lipinski definition) is 1. The Morgan fingerprint density at radius 1 is 1.30 bits per heavy atom. The number of hydrogen-bond acceptors (Lipinski definition) is 3. The van der Waals surface area contributed by atoms with E-state index in [0.29, 0.717) is 6.54 Å². The molecule has 1 aromatic rings. The van der Waals surface area contributed by atoms with Gasteiger partial charge < -0.3 is 10.6 Å². The molecular weight excluding hydrogens is 250 g/mol. The second kappa shape index (κ2) is 6.37. The summed E-state index contributed by atoms with van der Waals surface area (Å²) in [7, 11) is 3.61. The van der Waals surface area contributed by atoms with Gasteiger partial charge in [0.05, 0.1) is 6.54 Å². The van der Waals surface area contributed by atoms with Crippen molar-refractivity contribution < 1.29 is 4.79 Å². The van der Waals surface area contributed by atoms with E-state index < -0.39 is 0 Å². The van der Waals surface area contributed by atoms with Crippen LogP contribution >= 0.6 is 0 Å². The molecule has 1 amide bonds. The zero-order valence-corrected chi connectivity index (χ0v) is 12.7. The second-order valence-electron chi connectivity index (χ2n) is 5.75. The summed E-state index contributed by atoms with van der Waals surface area (Å²) >= 11 is 0. The number of carbonyl (C=O) groups is 1. The molecule has 0 saturated heterocycles. The van der Waals surface area contributed by atoms with Crippen LogP contribution in [-0.2, 0) is 4.79 Å². The summed E-state index contributed by atoms with van der Waals surface area (Å²) in [4.78, 5) is 16.0. The molecule has 1 aliphatic carbocycles. The van der Waals surface area contributed by atoms with Crippen LogP contribution in [0.15, 0.2) is 24.3 Å². The van der Waals surface area contributed by atoms with Gasteiger partial charge in [0.25, 0.3) is 0 Å². The molecule has 2 atom stereocenters. The van der Waals surface area contributed by atoms with E-state index in [2.05, 4.69) is 30.0 Å². The maximum atomic E-state index is 12.0. The standard InChI is InChI=1S/C16H25N3O/c1-4-9-19(11-16(20)18(2)3)15-10-14(17)12-7-5-6-8-13(12)15/h5-8,14-15H,4,9-11,17H2,1-3H3. The van der Waals surface area contributed by atoms with E-state index in [-0.39, 0.29) is 18.0 Å². The summed E-state index contributed by atoms with van der Waals surface area (Å²) in [5.41, 5.74) is 8.76. The number of fused-ring (bicyclic) bond motifs is 1. The lowest BCUT2D eigenvalue weighted by molar-refractivity contribution is -0.130. The third-order valence-electron chi connectivity index (χ3n) is 4.02. The SMILES string of the molecule is CCCN(CC(=O)N(C)C)C1CC(N)c2ccccc21. The molecule has 0 heterocycles. The van der Waals surface area contributed by atoms with Crippen LogP contribution in [0.3, 0.4) is 0 Å². The average molecular weight is 275 g/mol. The molecule has 0 bridgehead atoms. The van der Waals surface area contributed by atoms with E-state index in [4.69, 9.17) is 5.73 Å². The summed E-state index contributed by atoms with van der Waals surface area (Å²) in [6.45, 7) is 3.53. The first-order valence-electron chi connectivity index (χ1n) is 7.33. The Kier molecular flexibility index (Phi) is 4.78. The molecule has 1 aromatic carbocycles. The van der Waals surface area contributed by atoms with Gasteiger partial charge in [-0.2, -0.15) is 0 Å². The molecule has 0 aromatic heterocycles.